The average Bonchev–Trinajstić information content (AvgIpc) is 2.74. The summed E-state index contributed by atoms with van der Waals surface area (Å²) in [6.45, 7) is 6.55. The summed E-state index contributed by atoms with van der Waals surface area (Å²) in [6, 6.07) is 4.26. The summed E-state index contributed by atoms with van der Waals surface area (Å²) in [4.78, 5) is 25.7. The van der Waals surface area contributed by atoms with Crippen LogP contribution in [-0.4, -0.2) is 23.3 Å². The van der Waals surface area contributed by atoms with Crippen LogP contribution in [0.1, 0.15) is 37.6 Å². The average molecular weight is 342 g/mol. The van der Waals surface area contributed by atoms with Crippen LogP contribution >= 0.6 is 15.9 Å². The van der Waals surface area contributed by atoms with E-state index in [-0.39, 0.29) is 27.3 Å². The zero-order chi connectivity index (χ0) is 15.1. The Kier molecular flexibility index (Phi) is 4.00. The quantitative estimate of drug-likeness (QED) is 0.731. The number of halogens is 2. The lowest BCUT2D eigenvalue weighted by molar-refractivity contribution is -0.125. The van der Waals surface area contributed by atoms with Crippen molar-refractivity contribution in [3.8, 4) is 0 Å². The summed E-state index contributed by atoms with van der Waals surface area (Å²) >= 11 is 3.07. The van der Waals surface area contributed by atoms with Gasteiger partial charge in [-0.3, -0.25) is 14.5 Å². The molecule has 0 aliphatic carbocycles. The standard InChI is InChI=1S/C15H17BrFNO2/c1-15(2,3)9-7-12(19)18(8-9)14(20)10-5-4-6-11(17)13(10)16/h4-6,9H,7-8H2,1-3H3. The molecule has 2 amide bonds. The molecule has 108 valence electrons. The Balaban J connectivity index is 2.26. The van der Waals surface area contributed by atoms with Gasteiger partial charge in [-0.2, -0.15) is 0 Å². The molecule has 3 nitrogen and oxygen atoms in total. The molecule has 0 saturated carbocycles. The second-order valence-electron chi connectivity index (χ2n) is 6.18. The first-order chi connectivity index (χ1) is 9.21. The third-order valence-corrected chi connectivity index (χ3v) is 4.58. The molecule has 0 aromatic heterocycles. The number of benzene rings is 1. The summed E-state index contributed by atoms with van der Waals surface area (Å²) in [5.74, 6) is -1.000. The van der Waals surface area contributed by atoms with Crippen LogP contribution in [0.2, 0.25) is 0 Å². The second kappa shape index (κ2) is 5.28. The molecule has 1 aliphatic heterocycles. The Labute approximate surface area is 126 Å². The van der Waals surface area contributed by atoms with Crippen LogP contribution in [0.5, 0.6) is 0 Å². The summed E-state index contributed by atoms with van der Waals surface area (Å²) in [5, 5.41) is 0. The SMILES string of the molecule is CC(C)(C)C1CC(=O)N(C(=O)c2cccc(F)c2Br)C1. The van der Waals surface area contributed by atoms with E-state index in [1.807, 2.05) is 0 Å². The summed E-state index contributed by atoms with van der Waals surface area (Å²) in [7, 11) is 0. The van der Waals surface area contributed by atoms with Crippen molar-refractivity contribution in [2.45, 2.75) is 27.2 Å². The Hall–Kier alpha value is -1.23. The minimum absolute atomic E-state index is 0.0378. The van der Waals surface area contributed by atoms with Crippen LogP contribution in [0, 0.1) is 17.2 Å². The topological polar surface area (TPSA) is 37.4 Å². The van der Waals surface area contributed by atoms with E-state index in [1.54, 1.807) is 0 Å². The van der Waals surface area contributed by atoms with Gasteiger partial charge in [-0.15, -0.1) is 0 Å². The van der Waals surface area contributed by atoms with E-state index in [0.717, 1.165) is 0 Å². The van der Waals surface area contributed by atoms with E-state index >= 15 is 0 Å². The van der Waals surface area contributed by atoms with E-state index < -0.39 is 11.7 Å². The molecule has 0 radical (unpaired) electrons. The van der Waals surface area contributed by atoms with Crippen LogP contribution in [0.4, 0.5) is 4.39 Å². The molecule has 0 N–H and O–H groups in total. The maximum Gasteiger partial charge on any atom is 0.261 e. The van der Waals surface area contributed by atoms with Gasteiger partial charge in [0, 0.05) is 13.0 Å². The number of nitrogens with zero attached hydrogens (tertiary/aromatic N) is 1. The number of hydrogen-bond acceptors (Lipinski definition) is 2. The third kappa shape index (κ3) is 2.77. The predicted octanol–water partition coefficient (Wildman–Crippen LogP) is 3.62. The molecule has 5 heteroatoms. The molecular weight excluding hydrogens is 325 g/mol. The molecule has 1 atom stereocenters. The summed E-state index contributed by atoms with van der Waals surface area (Å²) in [6.07, 6.45) is 0.363. The van der Waals surface area contributed by atoms with Crippen molar-refractivity contribution >= 4 is 27.7 Å². The molecule has 1 unspecified atom stereocenters. The highest BCUT2D eigenvalue weighted by atomic mass is 79.9. The van der Waals surface area contributed by atoms with Gasteiger partial charge in [-0.1, -0.05) is 26.8 Å². The highest BCUT2D eigenvalue weighted by Crippen LogP contribution is 2.35. The maximum atomic E-state index is 13.5. The molecule has 1 aliphatic rings. The molecule has 1 saturated heterocycles. The number of carbonyl (C=O) groups excluding carboxylic acids is 2. The van der Waals surface area contributed by atoms with Crippen molar-refractivity contribution in [3.05, 3.63) is 34.1 Å². The molecule has 0 spiro atoms. The number of rotatable bonds is 1. The van der Waals surface area contributed by atoms with Crippen LogP contribution < -0.4 is 0 Å². The van der Waals surface area contributed by atoms with Crippen LogP contribution in [0.3, 0.4) is 0 Å². The fourth-order valence-electron chi connectivity index (χ4n) is 2.30. The molecule has 1 heterocycles. The zero-order valence-corrected chi connectivity index (χ0v) is 13.3. The Morgan fingerprint density at radius 3 is 2.60 bits per heavy atom. The predicted molar refractivity (Wildman–Crippen MR) is 77.7 cm³/mol. The summed E-state index contributed by atoms with van der Waals surface area (Å²) < 4.78 is 13.6. The van der Waals surface area contributed by atoms with Crippen molar-refractivity contribution < 1.29 is 14.0 Å². The van der Waals surface area contributed by atoms with Crippen molar-refractivity contribution in [2.24, 2.45) is 11.3 Å². The highest BCUT2D eigenvalue weighted by molar-refractivity contribution is 9.10. The largest absolute Gasteiger partial charge is 0.278 e. The Morgan fingerprint density at radius 1 is 1.40 bits per heavy atom. The van der Waals surface area contributed by atoms with Gasteiger partial charge >= 0.3 is 0 Å². The van der Waals surface area contributed by atoms with Crippen molar-refractivity contribution in [1.29, 1.82) is 0 Å². The monoisotopic (exact) mass is 341 g/mol. The van der Waals surface area contributed by atoms with Crippen molar-refractivity contribution in [3.63, 3.8) is 0 Å². The van der Waals surface area contributed by atoms with Gasteiger partial charge in [0.15, 0.2) is 0 Å². The lowest BCUT2D eigenvalue weighted by Gasteiger charge is -2.26. The van der Waals surface area contributed by atoms with Gasteiger partial charge in [0.1, 0.15) is 5.82 Å². The lowest BCUT2D eigenvalue weighted by Crippen LogP contribution is -2.34. The summed E-state index contributed by atoms with van der Waals surface area (Å²) in [5.41, 5.74) is 0.150. The number of carbonyl (C=O) groups is 2. The normalized spacial score (nSPS) is 19.6. The number of amides is 2. The molecule has 20 heavy (non-hydrogen) atoms. The van der Waals surface area contributed by atoms with Gasteiger partial charge in [-0.05, 0) is 39.4 Å². The molecule has 1 aromatic carbocycles. The van der Waals surface area contributed by atoms with Gasteiger partial charge in [0.2, 0.25) is 5.91 Å². The van der Waals surface area contributed by atoms with Crippen LogP contribution in [0.25, 0.3) is 0 Å². The minimum atomic E-state index is -0.505. The number of likely N-dealkylation sites (tertiary alicyclic amines) is 1. The van der Waals surface area contributed by atoms with E-state index in [4.69, 9.17) is 0 Å². The lowest BCUT2D eigenvalue weighted by atomic mass is 9.80. The van der Waals surface area contributed by atoms with Crippen LogP contribution in [-0.2, 0) is 4.79 Å². The van der Waals surface area contributed by atoms with E-state index in [2.05, 4.69) is 36.7 Å². The molecular formula is C15H17BrFNO2. The first-order valence-electron chi connectivity index (χ1n) is 6.50. The Bertz CT molecular complexity index is 565. The zero-order valence-electron chi connectivity index (χ0n) is 11.7. The maximum absolute atomic E-state index is 13.5. The van der Waals surface area contributed by atoms with Crippen LogP contribution in [0.15, 0.2) is 22.7 Å². The van der Waals surface area contributed by atoms with Gasteiger partial charge < -0.3 is 0 Å². The fourth-order valence-corrected chi connectivity index (χ4v) is 2.73. The molecule has 2 rings (SSSR count). The second-order valence-corrected chi connectivity index (χ2v) is 6.97. The first kappa shape index (κ1) is 15.2. The number of imide groups is 1. The fraction of sp³-hybridized carbons (Fsp3) is 0.467. The van der Waals surface area contributed by atoms with Gasteiger partial charge in [-0.25, -0.2) is 4.39 Å². The minimum Gasteiger partial charge on any atom is -0.278 e. The van der Waals surface area contributed by atoms with E-state index in [9.17, 15) is 14.0 Å². The van der Waals surface area contributed by atoms with Gasteiger partial charge in [0.25, 0.3) is 5.91 Å². The molecule has 0 bridgehead atoms. The van der Waals surface area contributed by atoms with Crippen molar-refractivity contribution in [2.75, 3.05) is 6.54 Å². The Morgan fingerprint density at radius 2 is 2.05 bits per heavy atom. The molecule has 1 aromatic rings. The smallest absolute Gasteiger partial charge is 0.261 e. The number of hydrogen-bond donors (Lipinski definition) is 0. The van der Waals surface area contributed by atoms with Gasteiger partial charge in [0.05, 0.1) is 10.0 Å². The van der Waals surface area contributed by atoms with E-state index in [0.29, 0.717) is 13.0 Å². The van der Waals surface area contributed by atoms with E-state index in [1.165, 1.54) is 23.1 Å². The van der Waals surface area contributed by atoms with Crippen molar-refractivity contribution in [1.82, 2.24) is 4.90 Å². The third-order valence-electron chi connectivity index (χ3n) is 3.78. The highest BCUT2D eigenvalue weighted by Gasteiger charge is 2.40. The molecule has 1 fully saturated rings. The first-order valence-corrected chi connectivity index (χ1v) is 7.30.